The first kappa shape index (κ1) is 12.9. The van der Waals surface area contributed by atoms with E-state index >= 15 is 0 Å². The van der Waals surface area contributed by atoms with E-state index in [9.17, 15) is 4.79 Å². The molecular formula is C14H21N3O. The van der Waals surface area contributed by atoms with Gasteiger partial charge < -0.3 is 15.5 Å². The molecule has 0 aromatic heterocycles. The van der Waals surface area contributed by atoms with E-state index in [1.807, 2.05) is 12.1 Å². The molecular weight excluding hydrogens is 226 g/mol. The summed E-state index contributed by atoms with van der Waals surface area (Å²) in [6.07, 6.45) is 1.04. The molecule has 0 spiro atoms. The van der Waals surface area contributed by atoms with Gasteiger partial charge in [0.1, 0.15) is 0 Å². The van der Waals surface area contributed by atoms with Gasteiger partial charge in [-0.1, -0.05) is 29.8 Å². The Labute approximate surface area is 108 Å². The summed E-state index contributed by atoms with van der Waals surface area (Å²) in [7, 11) is 2.08. The number of amides is 2. The van der Waals surface area contributed by atoms with Crippen LogP contribution in [-0.4, -0.2) is 37.1 Å². The van der Waals surface area contributed by atoms with E-state index in [1.54, 1.807) is 0 Å². The number of rotatable bonds is 3. The molecule has 0 radical (unpaired) electrons. The molecule has 0 bridgehead atoms. The first-order valence-corrected chi connectivity index (χ1v) is 6.42. The predicted molar refractivity (Wildman–Crippen MR) is 72.5 cm³/mol. The van der Waals surface area contributed by atoms with Gasteiger partial charge in [0.05, 0.1) is 0 Å². The Morgan fingerprint density at radius 1 is 1.50 bits per heavy atom. The summed E-state index contributed by atoms with van der Waals surface area (Å²) in [6, 6.07) is 8.39. The van der Waals surface area contributed by atoms with E-state index in [-0.39, 0.29) is 12.1 Å². The second-order valence-electron chi connectivity index (χ2n) is 5.06. The number of aryl methyl sites for hydroxylation is 1. The summed E-state index contributed by atoms with van der Waals surface area (Å²) in [4.78, 5) is 14.0. The van der Waals surface area contributed by atoms with Crippen molar-refractivity contribution in [1.82, 2.24) is 15.5 Å². The van der Waals surface area contributed by atoms with E-state index in [2.05, 4.69) is 41.6 Å². The Balaban J connectivity index is 1.75. The van der Waals surface area contributed by atoms with Crippen molar-refractivity contribution in [2.24, 2.45) is 0 Å². The Bertz CT molecular complexity index is 419. The average molecular weight is 247 g/mol. The molecule has 18 heavy (non-hydrogen) atoms. The van der Waals surface area contributed by atoms with Crippen LogP contribution in [0.1, 0.15) is 17.5 Å². The molecule has 1 saturated heterocycles. The molecule has 2 N–H and O–H groups in total. The van der Waals surface area contributed by atoms with Gasteiger partial charge in [0.2, 0.25) is 0 Å². The van der Waals surface area contributed by atoms with Crippen molar-refractivity contribution < 1.29 is 4.79 Å². The van der Waals surface area contributed by atoms with Crippen LogP contribution in [-0.2, 0) is 6.54 Å². The minimum atomic E-state index is -0.0724. The number of benzene rings is 1. The number of carbonyl (C=O) groups is 1. The maximum absolute atomic E-state index is 11.7. The minimum Gasteiger partial charge on any atom is -0.334 e. The fraction of sp³-hybridized carbons (Fsp3) is 0.500. The molecule has 0 saturated carbocycles. The van der Waals surface area contributed by atoms with Crippen molar-refractivity contribution >= 4 is 6.03 Å². The Morgan fingerprint density at radius 2 is 2.33 bits per heavy atom. The van der Waals surface area contributed by atoms with Gasteiger partial charge in [-0.2, -0.15) is 0 Å². The Morgan fingerprint density at radius 3 is 3.00 bits per heavy atom. The molecule has 1 atom stereocenters. The zero-order valence-corrected chi connectivity index (χ0v) is 11.1. The number of urea groups is 1. The van der Waals surface area contributed by atoms with E-state index in [0.29, 0.717) is 6.54 Å². The maximum atomic E-state index is 11.7. The van der Waals surface area contributed by atoms with Crippen LogP contribution in [0.2, 0.25) is 0 Å². The lowest BCUT2D eigenvalue weighted by molar-refractivity contribution is 0.236. The third-order valence-electron chi connectivity index (χ3n) is 3.26. The fourth-order valence-electron chi connectivity index (χ4n) is 2.29. The number of hydrogen-bond acceptors (Lipinski definition) is 2. The summed E-state index contributed by atoms with van der Waals surface area (Å²) in [6.45, 7) is 4.63. The second kappa shape index (κ2) is 5.87. The van der Waals surface area contributed by atoms with Crippen molar-refractivity contribution in [2.45, 2.75) is 25.9 Å². The van der Waals surface area contributed by atoms with Gasteiger partial charge in [-0.05, 0) is 32.5 Å². The van der Waals surface area contributed by atoms with Crippen LogP contribution in [0, 0.1) is 6.92 Å². The van der Waals surface area contributed by atoms with Gasteiger partial charge in [0.25, 0.3) is 0 Å². The molecule has 1 fully saturated rings. The average Bonchev–Trinajstić information content (AvgIpc) is 2.72. The molecule has 4 nitrogen and oxygen atoms in total. The lowest BCUT2D eigenvalue weighted by Crippen LogP contribution is -2.42. The van der Waals surface area contributed by atoms with Gasteiger partial charge in [-0.15, -0.1) is 0 Å². The molecule has 1 aromatic carbocycles. The van der Waals surface area contributed by atoms with Crippen LogP contribution < -0.4 is 10.6 Å². The smallest absolute Gasteiger partial charge is 0.315 e. The van der Waals surface area contributed by atoms with Gasteiger partial charge in [-0.25, -0.2) is 4.79 Å². The third-order valence-corrected chi connectivity index (χ3v) is 3.26. The minimum absolute atomic E-state index is 0.0724. The van der Waals surface area contributed by atoms with E-state index in [0.717, 1.165) is 25.1 Å². The fourth-order valence-corrected chi connectivity index (χ4v) is 2.29. The number of nitrogens with zero attached hydrogens (tertiary/aromatic N) is 1. The van der Waals surface area contributed by atoms with E-state index in [1.165, 1.54) is 5.56 Å². The van der Waals surface area contributed by atoms with Crippen LogP contribution in [0.4, 0.5) is 4.79 Å². The van der Waals surface area contributed by atoms with Crippen LogP contribution in [0.15, 0.2) is 24.3 Å². The topological polar surface area (TPSA) is 44.4 Å². The summed E-state index contributed by atoms with van der Waals surface area (Å²) in [5, 5.41) is 5.90. The van der Waals surface area contributed by atoms with Gasteiger partial charge in [0, 0.05) is 19.1 Å². The van der Waals surface area contributed by atoms with E-state index in [4.69, 9.17) is 0 Å². The quantitative estimate of drug-likeness (QED) is 0.850. The van der Waals surface area contributed by atoms with Crippen LogP contribution in [0.25, 0.3) is 0 Å². The molecule has 0 aliphatic carbocycles. The molecule has 2 rings (SSSR count). The van der Waals surface area contributed by atoms with Crippen molar-refractivity contribution in [3.05, 3.63) is 35.4 Å². The summed E-state index contributed by atoms with van der Waals surface area (Å²) < 4.78 is 0. The standard InChI is InChI=1S/C14H21N3O/c1-11-4-3-5-12(8-11)9-15-14(18)16-13-6-7-17(2)10-13/h3-5,8,13H,6-7,9-10H2,1-2H3,(H2,15,16,18)/t13-/m1/s1. The highest BCUT2D eigenvalue weighted by Crippen LogP contribution is 2.06. The molecule has 1 aromatic rings. The molecule has 1 heterocycles. The highest BCUT2D eigenvalue weighted by Gasteiger charge is 2.20. The third kappa shape index (κ3) is 3.74. The van der Waals surface area contributed by atoms with Crippen molar-refractivity contribution in [3.63, 3.8) is 0 Å². The largest absolute Gasteiger partial charge is 0.334 e. The van der Waals surface area contributed by atoms with Crippen LogP contribution in [0.3, 0.4) is 0 Å². The first-order valence-electron chi connectivity index (χ1n) is 6.42. The summed E-state index contributed by atoms with van der Waals surface area (Å²) in [5.74, 6) is 0. The van der Waals surface area contributed by atoms with Gasteiger partial charge in [-0.3, -0.25) is 0 Å². The van der Waals surface area contributed by atoms with Crippen molar-refractivity contribution in [3.8, 4) is 0 Å². The molecule has 0 unspecified atom stereocenters. The normalized spacial score (nSPS) is 19.8. The van der Waals surface area contributed by atoms with Crippen molar-refractivity contribution in [1.29, 1.82) is 0 Å². The summed E-state index contributed by atoms with van der Waals surface area (Å²) >= 11 is 0. The zero-order valence-electron chi connectivity index (χ0n) is 11.1. The number of carbonyl (C=O) groups excluding carboxylic acids is 1. The van der Waals surface area contributed by atoms with Crippen molar-refractivity contribution in [2.75, 3.05) is 20.1 Å². The Hall–Kier alpha value is -1.55. The molecule has 4 heteroatoms. The number of likely N-dealkylation sites (tertiary alicyclic amines) is 1. The zero-order chi connectivity index (χ0) is 13.0. The monoisotopic (exact) mass is 247 g/mol. The number of nitrogens with one attached hydrogen (secondary N) is 2. The molecule has 2 amide bonds. The summed E-state index contributed by atoms with van der Waals surface area (Å²) in [5.41, 5.74) is 2.35. The van der Waals surface area contributed by atoms with Gasteiger partial charge in [0.15, 0.2) is 0 Å². The van der Waals surface area contributed by atoms with Crippen LogP contribution in [0.5, 0.6) is 0 Å². The maximum Gasteiger partial charge on any atom is 0.315 e. The van der Waals surface area contributed by atoms with E-state index < -0.39 is 0 Å². The molecule has 1 aliphatic heterocycles. The SMILES string of the molecule is Cc1cccc(CNC(=O)N[C@@H]2CCN(C)C2)c1. The highest BCUT2D eigenvalue weighted by atomic mass is 16.2. The van der Waals surface area contributed by atoms with Crippen LogP contribution >= 0.6 is 0 Å². The second-order valence-corrected chi connectivity index (χ2v) is 5.06. The van der Waals surface area contributed by atoms with Gasteiger partial charge >= 0.3 is 6.03 Å². The predicted octanol–water partition coefficient (Wildman–Crippen LogP) is 1.50. The lowest BCUT2D eigenvalue weighted by atomic mass is 10.1. The molecule has 98 valence electrons. The molecule has 1 aliphatic rings. The first-order chi connectivity index (χ1) is 8.63. The Kier molecular flexibility index (Phi) is 4.20. The highest BCUT2D eigenvalue weighted by molar-refractivity contribution is 5.74. The number of likely N-dealkylation sites (N-methyl/N-ethyl adjacent to an activating group) is 1. The lowest BCUT2D eigenvalue weighted by Gasteiger charge is -2.13. The number of hydrogen-bond donors (Lipinski definition) is 2.